The second-order valence-electron chi connectivity index (χ2n) is 3.89. The number of nitrogens with one attached hydrogen (secondary N) is 1. The normalized spacial score (nSPS) is 10.3. The Morgan fingerprint density at radius 2 is 2.17 bits per heavy atom. The van der Waals surface area contributed by atoms with Crippen LogP contribution in [0.25, 0.3) is 0 Å². The number of amides is 1. The summed E-state index contributed by atoms with van der Waals surface area (Å²) in [4.78, 5) is 12.9. The SMILES string of the molecule is Cc1ccc(C(=O)NCc2ccc(Br)s2)cc1O. The van der Waals surface area contributed by atoms with Gasteiger partial charge in [0.2, 0.25) is 0 Å². The number of phenolic OH excluding ortho intramolecular Hbond substituents is 1. The second kappa shape index (κ2) is 5.54. The third-order valence-electron chi connectivity index (χ3n) is 2.52. The highest BCUT2D eigenvalue weighted by molar-refractivity contribution is 9.11. The van der Waals surface area contributed by atoms with E-state index >= 15 is 0 Å². The number of rotatable bonds is 3. The molecule has 2 rings (SSSR count). The van der Waals surface area contributed by atoms with E-state index in [2.05, 4.69) is 21.2 Å². The predicted octanol–water partition coefficient (Wildman–Crippen LogP) is 3.45. The number of halogens is 1. The summed E-state index contributed by atoms with van der Waals surface area (Å²) in [5.41, 5.74) is 1.22. The molecule has 5 heteroatoms. The third kappa shape index (κ3) is 3.11. The van der Waals surface area contributed by atoms with Crippen molar-refractivity contribution in [3.8, 4) is 5.75 Å². The number of aromatic hydroxyl groups is 1. The Bertz CT molecular complexity index is 580. The van der Waals surface area contributed by atoms with Crippen LogP contribution in [-0.4, -0.2) is 11.0 Å². The van der Waals surface area contributed by atoms with Gasteiger partial charge in [0.05, 0.1) is 10.3 Å². The van der Waals surface area contributed by atoms with Gasteiger partial charge in [0.1, 0.15) is 5.75 Å². The van der Waals surface area contributed by atoms with Gasteiger partial charge in [-0.3, -0.25) is 4.79 Å². The zero-order valence-electron chi connectivity index (χ0n) is 9.74. The lowest BCUT2D eigenvalue weighted by Crippen LogP contribution is -2.22. The molecule has 0 unspecified atom stereocenters. The Morgan fingerprint density at radius 1 is 1.39 bits per heavy atom. The van der Waals surface area contributed by atoms with Gasteiger partial charge in [-0.25, -0.2) is 0 Å². The van der Waals surface area contributed by atoms with Crippen molar-refractivity contribution in [1.29, 1.82) is 0 Å². The number of benzene rings is 1. The molecule has 1 aromatic heterocycles. The van der Waals surface area contributed by atoms with Gasteiger partial charge in [-0.05, 0) is 52.7 Å². The molecule has 0 radical (unpaired) electrons. The molecule has 0 saturated heterocycles. The van der Waals surface area contributed by atoms with E-state index in [0.717, 1.165) is 14.2 Å². The van der Waals surface area contributed by atoms with Crippen LogP contribution in [0.4, 0.5) is 0 Å². The highest BCUT2D eigenvalue weighted by Gasteiger charge is 2.08. The van der Waals surface area contributed by atoms with Crippen molar-refractivity contribution >= 4 is 33.2 Å². The zero-order valence-corrected chi connectivity index (χ0v) is 12.1. The van der Waals surface area contributed by atoms with Gasteiger partial charge in [0, 0.05) is 10.4 Å². The van der Waals surface area contributed by atoms with Gasteiger partial charge in [-0.2, -0.15) is 0 Å². The molecule has 18 heavy (non-hydrogen) atoms. The molecule has 2 aromatic rings. The number of carbonyl (C=O) groups excluding carboxylic acids is 1. The fourth-order valence-electron chi connectivity index (χ4n) is 1.47. The van der Waals surface area contributed by atoms with Gasteiger partial charge >= 0.3 is 0 Å². The van der Waals surface area contributed by atoms with Crippen LogP contribution in [0.1, 0.15) is 20.8 Å². The van der Waals surface area contributed by atoms with Crippen LogP contribution in [0.5, 0.6) is 5.75 Å². The minimum Gasteiger partial charge on any atom is -0.508 e. The van der Waals surface area contributed by atoms with E-state index in [-0.39, 0.29) is 11.7 Å². The molecule has 1 heterocycles. The number of hydrogen-bond donors (Lipinski definition) is 2. The standard InChI is InChI=1S/C13H12BrNO2S/c1-8-2-3-9(6-11(8)16)13(17)15-7-10-4-5-12(14)18-10/h2-6,16H,7H2,1H3,(H,15,17). The van der Waals surface area contributed by atoms with Gasteiger partial charge in [-0.15, -0.1) is 11.3 Å². The summed E-state index contributed by atoms with van der Waals surface area (Å²) in [6.45, 7) is 2.28. The maximum Gasteiger partial charge on any atom is 0.251 e. The van der Waals surface area contributed by atoms with E-state index in [4.69, 9.17) is 0 Å². The van der Waals surface area contributed by atoms with E-state index in [1.807, 2.05) is 12.1 Å². The van der Waals surface area contributed by atoms with Crippen LogP contribution in [0.15, 0.2) is 34.1 Å². The predicted molar refractivity (Wildman–Crippen MR) is 76.0 cm³/mol. The van der Waals surface area contributed by atoms with Gasteiger partial charge < -0.3 is 10.4 Å². The Balaban J connectivity index is 2.01. The van der Waals surface area contributed by atoms with Crippen molar-refractivity contribution in [2.45, 2.75) is 13.5 Å². The van der Waals surface area contributed by atoms with Crippen molar-refractivity contribution in [3.63, 3.8) is 0 Å². The van der Waals surface area contributed by atoms with Crippen molar-refractivity contribution in [1.82, 2.24) is 5.32 Å². The fourth-order valence-corrected chi connectivity index (χ4v) is 2.89. The van der Waals surface area contributed by atoms with Gasteiger partial charge in [-0.1, -0.05) is 6.07 Å². The lowest BCUT2D eigenvalue weighted by atomic mass is 10.1. The molecule has 2 N–H and O–H groups in total. The number of carbonyl (C=O) groups is 1. The average Bonchev–Trinajstić information content (AvgIpc) is 2.75. The second-order valence-corrected chi connectivity index (χ2v) is 6.44. The summed E-state index contributed by atoms with van der Waals surface area (Å²) in [5, 5.41) is 12.4. The maximum absolute atomic E-state index is 11.9. The Hall–Kier alpha value is -1.33. The quantitative estimate of drug-likeness (QED) is 0.908. The molecule has 0 atom stereocenters. The summed E-state index contributed by atoms with van der Waals surface area (Å²) < 4.78 is 1.04. The van der Waals surface area contributed by atoms with Crippen LogP contribution < -0.4 is 5.32 Å². The van der Waals surface area contributed by atoms with Crippen LogP contribution in [-0.2, 0) is 6.54 Å². The number of aryl methyl sites for hydroxylation is 1. The molecule has 0 aliphatic carbocycles. The molecule has 0 saturated carbocycles. The summed E-state index contributed by atoms with van der Waals surface area (Å²) in [6.07, 6.45) is 0. The first-order chi connectivity index (χ1) is 8.56. The van der Waals surface area contributed by atoms with Crippen LogP contribution >= 0.6 is 27.3 Å². The highest BCUT2D eigenvalue weighted by Crippen LogP contribution is 2.22. The first-order valence-corrected chi connectivity index (χ1v) is 6.99. The largest absolute Gasteiger partial charge is 0.508 e. The first kappa shape index (κ1) is 13.1. The molecule has 0 spiro atoms. The van der Waals surface area contributed by atoms with Crippen molar-refractivity contribution in [2.24, 2.45) is 0 Å². The monoisotopic (exact) mass is 325 g/mol. The molecule has 1 aromatic carbocycles. The minimum absolute atomic E-state index is 0.140. The Kier molecular flexibility index (Phi) is 4.04. The van der Waals surface area contributed by atoms with E-state index in [9.17, 15) is 9.90 Å². The van der Waals surface area contributed by atoms with E-state index in [1.165, 1.54) is 6.07 Å². The zero-order chi connectivity index (χ0) is 13.1. The highest BCUT2D eigenvalue weighted by atomic mass is 79.9. The number of hydrogen-bond acceptors (Lipinski definition) is 3. The van der Waals surface area contributed by atoms with Crippen molar-refractivity contribution < 1.29 is 9.90 Å². The molecular formula is C13H12BrNO2S. The van der Waals surface area contributed by atoms with Gasteiger partial charge in [0.25, 0.3) is 5.91 Å². The summed E-state index contributed by atoms with van der Waals surface area (Å²) in [5.74, 6) is -0.0451. The molecule has 0 bridgehead atoms. The van der Waals surface area contributed by atoms with Crippen LogP contribution in [0, 0.1) is 6.92 Å². The lowest BCUT2D eigenvalue weighted by Gasteiger charge is -2.05. The number of thiophene rings is 1. The summed E-state index contributed by atoms with van der Waals surface area (Å²) >= 11 is 4.96. The summed E-state index contributed by atoms with van der Waals surface area (Å²) in [7, 11) is 0. The molecule has 0 aliphatic heterocycles. The van der Waals surface area contributed by atoms with Crippen molar-refractivity contribution in [3.05, 3.63) is 50.1 Å². The Labute approximate surface area is 118 Å². The molecule has 0 fully saturated rings. The maximum atomic E-state index is 11.9. The van der Waals surface area contributed by atoms with E-state index in [1.54, 1.807) is 30.4 Å². The third-order valence-corrected chi connectivity index (χ3v) is 4.15. The topological polar surface area (TPSA) is 49.3 Å². The van der Waals surface area contributed by atoms with Crippen molar-refractivity contribution in [2.75, 3.05) is 0 Å². The minimum atomic E-state index is -0.185. The molecule has 0 aliphatic rings. The van der Waals surface area contributed by atoms with Crippen LogP contribution in [0.2, 0.25) is 0 Å². The molecule has 1 amide bonds. The molecule has 94 valence electrons. The smallest absolute Gasteiger partial charge is 0.251 e. The molecule has 3 nitrogen and oxygen atoms in total. The average molecular weight is 326 g/mol. The van der Waals surface area contributed by atoms with Gasteiger partial charge in [0.15, 0.2) is 0 Å². The van der Waals surface area contributed by atoms with Crippen LogP contribution in [0.3, 0.4) is 0 Å². The first-order valence-electron chi connectivity index (χ1n) is 5.38. The van der Waals surface area contributed by atoms with E-state index in [0.29, 0.717) is 12.1 Å². The lowest BCUT2D eigenvalue weighted by molar-refractivity contribution is 0.0951. The summed E-state index contributed by atoms with van der Waals surface area (Å²) in [6, 6.07) is 8.82. The fraction of sp³-hybridized carbons (Fsp3) is 0.154. The Morgan fingerprint density at radius 3 is 2.78 bits per heavy atom. The van der Waals surface area contributed by atoms with E-state index < -0.39 is 0 Å². The number of phenols is 1. The molecular weight excluding hydrogens is 314 g/mol.